The second-order valence-corrected chi connectivity index (χ2v) is 5.52. The minimum atomic E-state index is 0.258. The van der Waals surface area contributed by atoms with Crippen LogP contribution in [0.4, 0.5) is 0 Å². The van der Waals surface area contributed by atoms with E-state index in [1.165, 1.54) is 5.56 Å². The van der Waals surface area contributed by atoms with E-state index in [1.807, 2.05) is 0 Å². The Hall–Kier alpha value is -0.940. The van der Waals surface area contributed by atoms with Crippen LogP contribution in [-0.4, -0.2) is 66.8 Å². The van der Waals surface area contributed by atoms with Gasteiger partial charge in [-0.05, 0) is 18.4 Å². The number of aliphatic hydroxyl groups is 1. The van der Waals surface area contributed by atoms with E-state index >= 15 is 0 Å². The molecule has 4 nitrogen and oxygen atoms in total. The summed E-state index contributed by atoms with van der Waals surface area (Å²) in [6.45, 7) is 6.00. The van der Waals surface area contributed by atoms with Gasteiger partial charge in [0.15, 0.2) is 0 Å². The number of hydrogen-bond acceptors (Lipinski definition) is 4. The topological polar surface area (TPSA) is 52.7 Å². The maximum atomic E-state index is 8.97. The predicted molar refractivity (Wildman–Crippen MR) is 82.7 cm³/mol. The fraction of sp³-hybridized carbons (Fsp3) is 0.625. The summed E-state index contributed by atoms with van der Waals surface area (Å²) < 4.78 is 0. The van der Waals surface area contributed by atoms with Crippen molar-refractivity contribution in [3.8, 4) is 0 Å². The second-order valence-electron chi connectivity index (χ2n) is 5.52. The van der Waals surface area contributed by atoms with Crippen molar-refractivity contribution in [3.05, 3.63) is 35.9 Å². The van der Waals surface area contributed by atoms with Gasteiger partial charge in [-0.1, -0.05) is 30.3 Å². The first kappa shape index (κ1) is 15.4. The molecule has 1 aromatic carbocycles. The number of aliphatic hydroxyl groups excluding tert-OH is 1. The molecule has 1 atom stereocenters. The molecule has 1 aliphatic heterocycles. The largest absolute Gasteiger partial charge is 0.395 e. The summed E-state index contributed by atoms with van der Waals surface area (Å²) in [5, 5.41) is 8.97. The summed E-state index contributed by atoms with van der Waals surface area (Å²) in [4.78, 5) is 4.83. The average molecular weight is 277 g/mol. The summed E-state index contributed by atoms with van der Waals surface area (Å²) in [5.74, 6) is 0. The van der Waals surface area contributed by atoms with Crippen molar-refractivity contribution in [2.24, 2.45) is 5.73 Å². The molecule has 20 heavy (non-hydrogen) atoms. The summed E-state index contributed by atoms with van der Waals surface area (Å²) in [6.07, 6.45) is 2.22. The third-order valence-corrected chi connectivity index (χ3v) is 4.22. The Bertz CT molecular complexity index is 363. The van der Waals surface area contributed by atoms with Gasteiger partial charge in [-0.2, -0.15) is 0 Å². The Kier molecular flexibility index (Phi) is 6.47. The third-order valence-electron chi connectivity index (χ3n) is 4.22. The Morgan fingerprint density at radius 1 is 1.10 bits per heavy atom. The SMILES string of the molecule is NCC(CCc1ccccc1)N1CCN(CCO)CC1. The van der Waals surface area contributed by atoms with Crippen molar-refractivity contribution in [1.29, 1.82) is 0 Å². The summed E-state index contributed by atoms with van der Waals surface area (Å²) in [7, 11) is 0. The predicted octanol–water partition coefficient (Wildman–Crippen LogP) is 0.556. The van der Waals surface area contributed by atoms with Crippen molar-refractivity contribution in [3.63, 3.8) is 0 Å². The minimum absolute atomic E-state index is 0.258. The van der Waals surface area contributed by atoms with Crippen molar-refractivity contribution in [2.75, 3.05) is 45.9 Å². The minimum Gasteiger partial charge on any atom is -0.395 e. The van der Waals surface area contributed by atoms with Crippen LogP contribution in [0.2, 0.25) is 0 Å². The van der Waals surface area contributed by atoms with Gasteiger partial charge in [-0.25, -0.2) is 0 Å². The molecule has 112 valence electrons. The van der Waals surface area contributed by atoms with Crippen LogP contribution in [0.25, 0.3) is 0 Å². The number of piperazine rings is 1. The van der Waals surface area contributed by atoms with Crippen LogP contribution in [0, 0.1) is 0 Å². The molecular formula is C16H27N3O. The lowest BCUT2D eigenvalue weighted by molar-refractivity contribution is 0.0830. The lowest BCUT2D eigenvalue weighted by Gasteiger charge is -2.38. The van der Waals surface area contributed by atoms with Crippen LogP contribution in [0.1, 0.15) is 12.0 Å². The van der Waals surface area contributed by atoms with Crippen molar-refractivity contribution < 1.29 is 5.11 Å². The fourth-order valence-electron chi connectivity index (χ4n) is 2.92. The van der Waals surface area contributed by atoms with E-state index in [9.17, 15) is 0 Å². The number of benzene rings is 1. The number of nitrogens with two attached hydrogens (primary N) is 1. The van der Waals surface area contributed by atoms with E-state index in [0.29, 0.717) is 6.04 Å². The summed E-state index contributed by atoms with van der Waals surface area (Å²) in [6, 6.07) is 11.1. The first-order valence-electron chi connectivity index (χ1n) is 7.64. The number of β-amino-alcohol motifs (C(OH)–C–C–N with tert-alkyl or cyclic N) is 1. The molecule has 1 fully saturated rings. The molecule has 0 saturated carbocycles. The maximum absolute atomic E-state index is 8.97. The molecule has 4 heteroatoms. The van der Waals surface area contributed by atoms with Gasteiger partial charge < -0.3 is 10.8 Å². The highest BCUT2D eigenvalue weighted by Gasteiger charge is 2.22. The Morgan fingerprint density at radius 2 is 1.80 bits per heavy atom. The standard InChI is InChI=1S/C16H27N3O/c17-14-16(7-6-15-4-2-1-3-5-15)19-10-8-18(9-11-19)12-13-20/h1-5,16,20H,6-14,17H2. The average Bonchev–Trinajstić information content (AvgIpc) is 2.51. The molecule has 1 aliphatic rings. The quantitative estimate of drug-likeness (QED) is 0.764. The summed E-state index contributed by atoms with van der Waals surface area (Å²) >= 11 is 0. The van der Waals surface area contributed by atoms with Gasteiger partial charge in [0.2, 0.25) is 0 Å². The number of hydrogen-bond donors (Lipinski definition) is 2. The van der Waals surface area contributed by atoms with E-state index in [-0.39, 0.29) is 6.61 Å². The van der Waals surface area contributed by atoms with Crippen LogP contribution in [0.15, 0.2) is 30.3 Å². The Labute approximate surface area is 122 Å². The monoisotopic (exact) mass is 277 g/mol. The van der Waals surface area contributed by atoms with Crippen LogP contribution in [0.3, 0.4) is 0 Å². The number of rotatable bonds is 7. The fourth-order valence-corrected chi connectivity index (χ4v) is 2.92. The molecule has 2 rings (SSSR count). The van der Waals surface area contributed by atoms with Crippen LogP contribution in [-0.2, 0) is 6.42 Å². The van der Waals surface area contributed by atoms with Gasteiger partial charge in [-0.3, -0.25) is 9.80 Å². The zero-order chi connectivity index (χ0) is 14.2. The van der Waals surface area contributed by atoms with Crippen LogP contribution < -0.4 is 5.73 Å². The second kappa shape index (κ2) is 8.37. The van der Waals surface area contributed by atoms with E-state index in [2.05, 4.69) is 40.1 Å². The first-order chi connectivity index (χ1) is 9.83. The van der Waals surface area contributed by atoms with Crippen LogP contribution >= 0.6 is 0 Å². The van der Waals surface area contributed by atoms with Crippen molar-refractivity contribution in [1.82, 2.24) is 9.80 Å². The third kappa shape index (κ3) is 4.56. The van der Waals surface area contributed by atoms with E-state index in [4.69, 9.17) is 10.8 Å². The first-order valence-corrected chi connectivity index (χ1v) is 7.64. The normalized spacial score (nSPS) is 19.1. The highest BCUT2D eigenvalue weighted by molar-refractivity contribution is 5.14. The molecule has 0 radical (unpaired) electrons. The number of aryl methyl sites for hydroxylation is 1. The van der Waals surface area contributed by atoms with Gasteiger partial charge >= 0.3 is 0 Å². The molecule has 0 amide bonds. The van der Waals surface area contributed by atoms with Gasteiger partial charge in [-0.15, -0.1) is 0 Å². The van der Waals surface area contributed by atoms with Gasteiger partial charge in [0.05, 0.1) is 6.61 Å². The van der Waals surface area contributed by atoms with Crippen molar-refractivity contribution >= 4 is 0 Å². The smallest absolute Gasteiger partial charge is 0.0558 e. The van der Waals surface area contributed by atoms with Crippen molar-refractivity contribution in [2.45, 2.75) is 18.9 Å². The highest BCUT2D eigenvalue weighted by atomic mass is 16.3. The van der Waals surface area contributed by atoms with Crippen LogP contribution in [0.5, 0.6) is 0 Å². The molecule has 1 saturated heterocycles. The highest BCUT2D eigenvalue weighted by Crippen LogP contribution is 2.12. The zero-order valence-electron chi connectivity index (χ0n) is 12.2. The van der Waals surface area contributed by atoms with Gasteiger partial charge in [0, 0.05) is 45.3 Å². The number of nitrogens with zero attached hydrogens (tertiary/aromatic N) is 2. The molecule has 3 N–H and O–H groups in total. The lowest BCUT2D eigenvalue weighted by Crippen LogP contribution is -2.52. The van der Waals surface area contributed by atoms with E-state index in [0.717, 1.165) is 52.1 Å². The molecule has 0 aliphatic carbocycles. The molecular weight excluding hydrogens is 250 g/mol. The summed E-state index contributed by atoms with van der Waals surface area (Å²) in [5.41, 5.74) is 7.36. The molecule has 1 unspecified atom stereocenters. The maximum Gasteiger partial charge on any atom is 0.0558 e. The van der Waals surface area contributed by atoms with Gasteiger partial charge in [0.1, 0.15) is 0 Å². The Balaban J connectivity index is 1.77. The zero-order valence-corrected chi connectivity index (χ0v) is 12.2. The molecule has 1 heterocycles. The van der Waals surface area contributed by atoms with Gasteiger partial charge in [0.25, 0.3) is 0 Å². The molecule has 1 aromatic rings. The van der Waals surface area contributed by atoms with E-state index < -0.39 is 0 Å². The molecule has 0 bridgehead atoms. The molecule has 0 aromatic heterocycles. The Morgan fingerprint density at radius 3 is 2.40 bits per heavy atom. The lowest BCUT2D eigenvalue weighted by atomic mass is 10.0. The van der Waals surface area contributed by atoms with E-state index in [1.54, 1.807) is 0 Å². The molecule has 0 spiro atoms.